The van der Waals surface area contributed by atoms with E-state index in [0.29, 0.717) is 12.5 Å². The summed E-state index contributed by atoms with van der Waals surface area (Å²) in [6, 6.07) is 8.43. The van der Waals surface area contributed by atoms with Crippen molar-refractivity contribution in [2.75, 3.05) is 20.1 Å². The zero-order valence-corrected chi connectivity index (χ0v) is 13.0. The Bertz CT molecular complexity index is 559. The van der Waals surface area contributed by atoms with Gasteiger partial charge in [0.05, 0.1) is 6.04 Å². The van der Waals surface area contributed by atoms with Crippen LogP contribution >= 0.6 is 0 Å². The molecule has 0 bridgehead atoms. The first-order valence-electron chi connectivity index (χ1n) is 7.43. The van der Waals surface area contributed by atoms with Crippen molar-refractivity contribution >= 4 is 11.0 Å². The van der Waals surface area contributed by atoms with Gasteiger partial charge in [-0.15, -0.1) is 0 Å². The molecule has 1 heterocycles. The van der Waals surface area contributed by atoms with Gasteiger partial charge in [0.1, 0.15) is 11.3 Å². The maximum atomic E-state index is 6.05. The molecule has 0 aliphatic carbocycles. The van der Waals surface area contributed by atoms with Gasteiger partial charge in [0, 0.05) is 17.5 Å². The topological polar surface area (TPSA) is 42.4 Å². The number of hydrogen-bond donors (Lipinski definition) is 1. The lowest BCUT2D eigenvalue weighted by Crippen LogP contribution is -2.32. The molecule has 3 nitrogen and oxygen atoms in total. The maximum Gasteiger partial charge on any atom is 0.134 e. The molecular formula is C17H26N2O. The summed E-state index contributed by atoms with van der Waals surface area (Å²) in [5.41, 5.74) is 8.25. The van der Waals surface area contributed by atoms with Gasteiger partial charge < -0.3 is 10.2 Å². The van der Waals surface area contributed by atoms with Crippen molar-refractivity contribution in [3.05, 3.63) is 35.6 Å². The van der Waals surface area contributed by atoms with E-state index < -0.39 is 0 Å². The van der Waals surface area contributed by atoms with E-state index in [0.717, 1.165) is 17.9 Å². The fraction of sp³-hybridized carbons (Fsp3) is 0.529. The summed E-state index contributed by atoms with van der Waals surface area (Å²) in [6.45, 7) is 8.21. The molecule has 1 atom stereocenters. The summed E-state index contributed by atoms with van der Waals surface area (Å²) < 4.78 is 5.88. The van der Waals surface area contributed by atoms with Crippen molar-refractivity contribution in [1.29, 1.82) is 0 Å². The van der Waals surface area contributed by atoms with E-state index in [1.165, 1.54) is 17.4 Å². The molecule has 0 radical (unpaired) electrons. The van der Waals surface area contributed by atoms with Crippen LogP contribution in [0, 0.1) is 12.8 Å². The lowest BCUT2D eigenvalue weighted by Gasteiger charge is -2.27. The number of benzene rings is 1. The smallest absolute Gasteiger partial charge is 0.134 e. The second-order valence-electron chi connectivity index (χ2n) is 5.98. The van der Waals surface area contributed by atoms with Gasteiger partial charge in [-0.3, -0.25) is 4.90 Å². The van der Waals surface area contributed by atoms with E-state index in [1.807, 2.05) is 19.1 Å². The van der Waals surface area contributed by atoms with Crippen LogP contribution in [-0.4, -0.2) is 25.0 Å². The zero-order chi connectivity index (χ0) is 14.7. The van der Waals surface area contributed by atoms with Crippen molar-refractivity contribution in [2.24, 2.45) is 11.7 Å². The van der Waals surface area contributed by atoms with Crippen molar-refractivity contribution in [3.8, 4) is 0 Å². The van der Waals surface area contributed by atoms with Gasteiger partial charge in [-0.2, -0.15) is 0 Å². The lowest BCUT2D eigenvalue weighted by molar-refractivity contribution is 0.235. The summed E-state index contributed by atoms with van der Waals surface area (Å²) in [5.74, 6) is 1.69. The number of nitrogens with two attached hydrogens (primary N) is 1. The molecule has 0 amide bonds. The van der Waals surface area contributed by atoms with Crippen LogP contribution in [0.3, 0.4) is 0 Å². The predicted molar refractivity (Wildman–Crippen MR) is 84.8 cm³/mol. The second-order valence-corrected chi connectivity index (χ2v) is 5.98. The third-order valence-corrected chi connectivity index (χ3v) is 3.97. The molecule has 110 valence electrons. The summed E-state index contributed by atoms with van der Waals surface area (Å²) in [5, 5.41) is 1.19. The molecular weight excluding hydrogens is 248 g/mol. The van der Waals surface area contributed by atoms with Gasteiger partial charge in [-0.25, -0.2) is 0 Å². The SMILES string of the molecule is Cc1oc2ccccc2c1C(CN)N(C)CCC(C)C. The van der Waals surface area contributed by atoms with Gasteiger partial charge in [-0.1, -0.05) is 32.0 Å². The Labute approximate surface area is 121 Å². The van der Waals surface area contributed by atoms with E-state index in [2.05, 4.69) is 37.9 Å². The van der Waals surface area contributed by atoms with E-state index in [1.54, 1.807) is 0 Å². The minimum atomic E-state index is 0.220. The standard InChI is InChI=1S/C17H26N2O/c1-12(2)9-10-19(4)15(11-18)17-13(3)20-16-8-6-5-7-14(16)17/h5-8,12,15H,9-11,18H2,1-4H3. The monoisotopic (exact) mass is 274 g/mol. The fourth-order valence-electron chi connectivity index (χ4n) is 2.74. The Kier molecular flexibility index (Phi) is 4.84. The highest BCUT2D eigenvalue weighted by Gasteiger charge is 2.22. The number of furan rings is 1. The quantitative estimate of drug-likeness (QED) is 0.873. The van der Waals surface area contributed by atoms with Crippen molar-refractivity contribution in [2.45, 2.75) is 33.2 Å². The average molecular weight is 274 g/mol. The van der Waals surface area contributed by atoms with Gasteiger partial charge in [0.25, 0.3) is 0 Å². The molecule has 0 saturated heterocycles. The first kappa shape index (κ1) is 15.1. The second kappa shape index (κ2) is 6.42. The summed E-state index contributed by atoms with van der Waals surface area (Å²) >= 11 is 0. The van der Waals surface area contributed by atoms with Crippen LogP contribution in [0.2, 0.25) is 0 Å². The van der Waals surface area contributed by atoms with Crippen LogP contribution in [0.1, 0.15) is 37.6 Å². The number of fused-ring (bicyclic) bond motifs is 1. The maximum absolute atomic E-state index is 6.05. The number of para-hydroxylation sites is 1. The lowest BCUT2D eigenvalue weighted by atomic mass is 10.0. The van der Waals surface area contributed by atoms with E-state index in [4.69, 9.17) is 10.2 Å². The molecule has 0 aliphatic rings. The molecule has 0 saturated carbocycles. The zero-order valence-electron chi connectivity index (χ0n) is 13.0. The number of likely N-dealkylation sites (N-methyl/N-ethyl adjacent to an activating group) is 1. The van der Waals surface area contributed by atoms with E-state index in [9.17, 15) is 0 Å². The Morgan fingerprint density at radius 1 is 1.25 bits per heavy atom. The van der Waals surface area contributed by atoms with Crippen LogP contribution in [0.5, 0.6) is 0 Å². The van der Waals surface area contributed by atoms with Crippen molar-refractivity contribution in [1.82, 2.24) is 4.90 Å². The highest BCUT2D eigenvalue weighted by Crippen LogP contribution is 2.32. The normalized spacial score (nSPS) is 13.6. The Morgan fingerprint density at radius 3 is 2.60 bits per heavy atom. The van der Waals surface area contributed by atoms with Crippen LogP contribution in [0.25, 0.3) is 11.0 Å². The summed E-state index contributed by atoms with van der Waals surface area (Å²) in [7, 11) is 2.15. The number of aryl methyl sites for hydroxylation is 1. The largest absolute Gasteiger partial charge is 0.461 e. The number of hydrogen-bond acceptors (Lipinski definition) is 3. The van der Waals surface area contributed by atoms with Crippen molar-refractivity contribution in [3.63, 3.8) is 0 Å². The molecule has 20 heavy (non-hydrogen) atoms. The molecule has 2 rings (SSSR count). The van der Waals surface area contributed by atoms with Gasteiger partial charge >= 0.3 is 0 Å². The molecule has 0 fully saturated rings. The third kappa shape index (κ3) is 3.05. The van der Waals surface area contributed by atoms with E-state index in [-0.39, 0.29) is 6.04 Å². The minimum absolute atomic E-state index is 0.220. The van der Waals surface area contributed by atoms with Crippen molar-refractivity contribution < 1.29 is 4.42 Å². The Balaban J connectivity index is 2.31. The van der Waals surface area contributed by atoms with Gasteiger partial charge in [-0.05, 0) is 38.9 Å². The van der Waals surface area contributed by atoms with Crippen LogP contribution in [0.15, 0.2) is 28.7 Å². The average Bonchev–Trinajstić information content (AvgIpc) is 2.74. The van der Waals surface area contributed by atoms with Crippen LogP contribution in [0.4, 0.5) is 0 Å². The fourth-order valence-corrected chi connectivity index (χ4v) is 2.74. The molecule has 2 N–H and O–H groups in total. The molecule has 1 aromatic heterocycles. The molecule has 3 heteroatoms. The summed E-state index contributed by atoms with van der Waals surface area (Å²) in [4.78, 5) is 2.35. The Morgan fingerprint density at radius 2 is 1.95 bits per heavy atom. The molecule has 2 aromatic rings. The molecule has 0 aliphatic heterocycles. The van der Waals surface area contributed by atoms with Gasteiger partial charge in [0.15, 0.2) is 0 Å². The van der Waals surface area contributed by atoms with Gasteiger partial charge in [0.2, 0.25) is 0 Å². The summed E-state index contributed by atoms with van der Waals surface area (Å²) in [6.07, 6.45) is 1.18. The molecule has 0 spiro atoms. The molecule has 1 aromatic carbocycles. The molecule has 1 unspecified atom stereocenters. The van der Waals surface area contributed by atoms with Crippen LogP contribution in [-0.2, 0) is 0 Å². The third-order valence-electron chi connectivity index (χ3n) is 3.97. The number of nitrogens with zero attached hydrogens (tertiary/aromatic N) is 1. The Hall–Kier alpha value is -1.32. The first-order chi connectivity index (χ1) is 9.54. The number of rotatable bonds is 6. The van der Waals surface area contributed by atoms with E-state index >= 15 is 0 Å². The highest BCUT2D eigenvalue weighted by molar-refractivity contribution is 5.82. The first-order valence-corrected chi connectivity index (χ1v) is 7.43. The highest BCUT2D eigenvalue weighted by atomic mass is 16.3. The minimum Gasteiger partial charge on any atom is -0.461 e. The van der Waals surface area contributed by atoms with Crippen LogP contribution < -0.4 is 5.73 Å². The predicted octanol–water partition coefficient (Wildman–Crippen LogP) is 3.72.